The lowest BCUT2D eigenvalue weighted by Gasteiger charge is -2.14. The number of benzene rings is 1. The van der Waals surface area contributed by atoms with E-state index in [1.807, 2.05) is 50.3 Å². The molecule has 0 bridgehead atoms. The van der Waals surface area contributed by atoms with E-state index in [9.17, 15) is 0 Å². The van der Waals surface area contributed by atoms with Crippen LogP contribution in [0.25, 0.3) is 0 Å². The molecule has 0 aliphatic rings. The third-order valence-electron chi connectivity index (χ3n) is 4.90. The first kappa shape index (κ1) is 25.2. The van der Waals surface area contributed by atoms with Gasteiger partial charge in [0.15, 0.2) is 0 Å². The Balaban J connectivity index is 1.62. The van der Waals surface area contributed by atoms with Crippen LogP contribution in [0.4, 0.5) is 0 Å². The van der Waals surface area contributed by atoms with Crippen molar-refractivity contribution in [2.24, 2.45) is 5.16 Å². The lowest BCUT2D eigenvalue weighted by molar-refractivity contribution is 0.213. The highest BCUT2D eigenvalue weighted by molar-refractivity contribution is 5.96. The lowest BCUT2D eigenvalue weighted by atomic mass is 10.1. The van der Waals surface area contributed by atoms with Crippen molar-refractivity contribution >= 4 is 5.71 Å². The molecule has 174 valence electrons. The van der Waals surface area contributed by atoms with Gasteiger partial charge in [-0.2, -0.15) is 0 Å². The Kier molecular flexibility index (Phi) is 11.1. The largest absolute Gasteiger partial charge is 0.493 e. The second-order valence-electron chi connectivity index (χ2n) is 7.62. The summed E-state index contributed by atoms with van der Waals surface area (Å²) in [5.41, 5.74) is 3.73. The highest BCUT2D eigenvalue weighted by Gasteiger charge is 2.07. The number of rotatable bonds is 14. The van der Waals surface area contributed by atoms with Gasteiger partial charge in [-0.1, -0.05) is 17.3 Å². The summed E-state index contributed by atoms with van der Waals surface area (Å²) in [6, 6.07) is 7.87. The van der Waals surface area contributed by atoms with Crippen LogP contribution in [0.15, 0.2) is 47.8 Å². The van der Waals surface area contributed by atoms with E-state index >= 15 is 0 Å². The molecule has 0 saturated heterocycles. The van der Waals surface area contributed by atoms with Crippen molar-refractivity contribution in [3.63, 3.8) is 0 Å². The van der Waals surface area contributed by atoms with Crippen LogP contribution in [-0.2, 0) is 4.84 Å². The monoisotopic (exact) mass is 440 g/mol. The maximum Gasteiger partial charge on any atom is 0.137 e. The minimum atomic E-state index is 0.587. The van der Waals surface area contributed by atoms with E-state index in [-0.39, 0.29) is 0 Å². The molecule has 0 fully saturated rings. The van der Waals surface area contributed by atoms with E-state index < -0.39 is 0 Å². The van der Waals surface area contributed by atoms with Crippen molar-refractivity contribution in [1.82, 2.24) is 4.98 Å². The molecule has 0 radical (unpaired) electrons. The van der Waals surface area contributed by atoms with Gasteiger partial charge in [0.2, 0.25) is 0 Å². The molecule has 0 N–H and O–H groups in total. The molecule has 2 aromatic rings. The van der Waals surface area contributed by atoms with E-state index in [1.54, 1.807) is 6.20 Å². The number of nitrogens with zero attached hydrogens (tertiary/aromatic N) is 2. The summed E-state index contributed by atoms with van der Waals surface area (Å²) in [5.74, 6) is 2.62. The molecule has 0 atom stereocenters. The predicted octanol–water partition coefficient (Wildman–Crippen LogP) is 6.04. The molecule has 32 heavy (non-hydrogen) atoms. The second-order valence-corrected chi connectivity index (χ2v) is 7.62. The van der Waals surface area contributed by atoms with E-state index in [2.05, 4.69) is 24.0 Å². The smallest absolute Gasteiger partial charge is 0.137 e. The SMILES string of the molecule is C/C=C/COc1cc(C)c(OCCCCCCOc2ccc(/C(C)=N/OC)nc2)c(C)c1. The average Bonchev–Trinajstić information content (AvgIpc) is 2.78. The maximum atomic E-state index is 6.04. The molecule has 0 aliphatic carbocycles. The molecule has 1 heterocycles. The van der Waals surface area contributed by atoms with Crippen molar-refractivity contribution in [2.75, 3.05) is 26.9 Å². The molecule has 1 aromatic carbocycles. The Morgan fingerprint density at radius 1 is 0.938 bits per heavy atom. The normalized spacial score (nSPS) is 11.6. The van der Waals surface area contributed by atoms with E-state index in [1.165, 1.54) is 7.11 Å². The summed E-state index contributed by atoms with van der Waals surface area (Å²) in [7, 11) is 1.52. The summed E-state index contributed by atoms with van der Waals surface area (Å²) >= 11 is 0. The number of aryl methyl sites for hydroxylation is 2. The summed E-state index contributed by atoms with van der Waals surface area (Å²) in [4.78, 5) is 9.11. The minimum absolute atomic E-state index is 0.587. The first-order chi connectivity index (χ1) is 15.5. The van der Waals surface area contributed by atoms with Crippen molar-refractivity contribution in [3.8, 4) is 17.2 Å². The van der Waals surface area contributed by atoms with Gasteiger partial charge >= 0.3 is 0 Å². The maximum absolute atomic E-state index is 6.04. The molecule has 6 heteroatoms. The number of ether oxygens (including phenoxy) is 3. The molecular formula is C26H36N2O4. The Morgan fingerprint density at radius 3 is 2.22 bits per heavy atom. The average molecular weight is 441 g/mol. The highest BCUT2D eigenvalue weighted by atomic mass is 16.6. The van der Waals surface area contributed by atoms with Gasteiger partial charge in [-0.3, -0.25) is 4.98 Å². The van der Waals surface area contributed by atoms with Gasteiger partial charge < -0.3 is 19.0 Å². The molecule has 0 spiro atoms. The summed E-state index contributed by atoms with van der Waals surface area (Å²) < 4.78 is 17.6. The van der Waals surface area contributed by atoms with Crippen LogP contribution in [0.2, 0.25) is 0 Å². The van der Waals surface area contributed by atoms with Crippen LogP contribution in [0.1, 0.15) is 56.4 Å². The molecule has 0 aliphatic heterocycles. The Labute approximate surface area is 192 Å². The molecule has 0 unspecified atom stereocenters. The third-order valence-corrected chi connectivity index (χ3v) is 4.90. The Bertz CT molecular complexity index is 853. The van der Waals surface area contributed by atoms with Crippen LogP contribution in [0.3, 0.4) is 0 Å². The zero-order valence-corrected chi connectivity index (χ0v) is 20.0. The fourth-order valence-electron chi connectivity index (χ4n) is 3.25. The van der Waals surface area contributed by atoms with Crippen LogP contribution in [-0.4, -0.2) is 37.6 Å². The zero-order chi connectivity index (χ0) is 23.2. The van der Waals surface area contributed by atoms with Gasteiger partial charge in [0, 0.05) is 0 Å². The predicted molar refractivity (Wildman–Crippen MR) is 129 cm³/mol. The Hall–Kier alpha value is -3.02. The van der Waals surface area contributed by atoms with Crippen LogP contribution < -0.4 is 14.2 Å². The zero-order valence-electron chi connectivity index (χ0n) is 20.0. The molecular weight excluding hydrogens is 404 g/mol. The van der Waals surface area contributed by atoms with Crippen LogP contribution in [0, 0.1) is 13.8 Å². The van der Waals surface area contributed by atoms with E-state index in [4.69, 9.17) is 19.0 Å². The first-order valence-corrected chi connectivity index (χ1v) is 11.2. The minimum Gasteiger partial charge on any atom is -0.493 e. The van der Waals surface area contributed by atoms with Crippen molar-refractivity contribution in [1.29, 1.82) is 0 Å². The number of pyridine rings is 1. The van der Waals surface area contributed by atoms with Gasteiger partial charge in [0.25, 0.3) is 0 Å². The summed E-state index contributed by atoms with van der Waals surface area (Å²) in [5, 5.41) is 3.88. The van der Waals surface area contributed by atoms with Gasteiger partial charge in [0.05, 0.1) is 25.1 Å². The van der Waals surface area contributed by atoms with Crippen molar-refractivity contribution in [2.45, 2.75) is 53.4 Å². The molecule has 1 aromatic heterocycles. The van der Waals surface area contributed by atoms with Gasteiger partial charge in [-0.05, 0) is 88.8 Å². The molecule has 0 saturated carbocycles. The fraction of sp³-hybridized carbons (Fsp3) is 0.462. The number of allylic oxidation sites excluding steroid dienone is 1. The van der Waals surface area contributed by atoms with Crippen LogP contribution >= 0.6 is 0 Å². The number of aromatic nitrogens is 1. The number of hydrogen-bond donors (Lipinski definition) is 0. The second kappa shape index (κ2) is 14.1. The van der Waals surface area contributed by atoms with Crippen LogP contribution in [0.5, 0.6) is 17.2 Å². The summed E-state index contributed by atoms with van der Waals surface area (Å²) in [6.45, 7) is 9.96. The van der Waals surface area contributed by atoms with Gasteiger partial charge in [-0.15, -0.1) is 0 Å². The standard InChI is InChI=1S/C26H36N2O4/c1-6-7-14-31-24-17-20(2)26(21(3)18-24)32-16-11-9-8-10-15-30-23-12-13-25(27-19-23)22(4)28-29-5/h6-7,12-13,17-19H,8-11,14-16H2,1-5H3/b7-6+,28-22+. The fourth-order valence-corrected chi connectivity index (χ4v) is 3.25. The highest BCUT2D eigenvalue weighted by Crippen LogP contribution is 2.28. The van der Waals surface area contributed by atoms with Gasteiger partial charge in [0.1, 0.15) is 36.7 Å². The molecule has 2 rings (SSSR count). The van der Waals surface area contributed by atoms with Crippen molar-refractivity contribution < 1.29 is 19.0 Å². The molecule has 0 amide bonds. The molecule has 6 nitrogen and oxygen atoms in total. The third kappa shape index (κ3) is 8.61. The lowest BCUT2D eigenvalue weighted by Crippen LogP contribution is -2.03. The van der Waals surface area contributed by atoms with E-state index in [0.29, 0.717) is 13.2 Å². The number of unbranched alkanes of at least 4 members (excludes halogenated alkanes) is 3. The quantitative estimate of drug-likeness (QED) is 0.155. The topological polar surface area (TPSA) is 62.2 Å². The first-order valence-electron chi connectivity index (χ1n) is 11.2. The number of hydrogen-bond acceptors (Lipinski definition) is 6. The van der Waals surface area contributed by atoms with E-state index in [0.717, 1.165) is 72.1 Å². The number of oxime groups is 1. The summed E-state index contributed by atoms with van der Waals surface area (Å²) in [6.07, 6.45) is 9.93. The van der Waals surface area contributed by atoms with Crippen molar-refractivity contribution in [3.05, 3.63) is 59.4 Å². The van der Waals surface area contributed by atoms with Gasteiger partial charge in [-0.25, -0.2) is 0 Å². The Morgan fingerprint density at radius 2 is 1.62 bits per heavy atom.